The molecule has 1 aliphatic heterocycles. The molecule has 18 heavy (non-hydrogen) atoms. The number of halogens is 2. The molecule has 3 nitrogen and oxygen atoms in total. The van der Waals surface area contributed by atoms with E-state index in [1.54, 1.807) is 0 Å². The molecule has 2 unspecified atom stereocenters. The molecular formula is C13H15F2NO2. The lowest BCUT2D eigenvalue weighted by Crippen LogP contribution is -2.37. The third-order valence-electron chi connectivity index (χ3n) is 3.62. The van der Waals surface area contributed by atoms with Crippen LogP contribution in [0.5, 0.6) is 0 Å². The third kappa shape index (κ3) is 2.10. The summed E-state index contributed by atoms with van der Waals surface area (Å²) in [6.07, 6.45) is 0. The maximum absolute atomic E-state index is 13.3. The number of ether oxygens (including phenoxy) is 1. The van der Waals surface area contributed by atoms with Crippen molar-refractivity contribution in [1.82, 2.24) is 5.32 Å². The second-order valence-corrected chi connectivity index (χ2v) is 4.78. The molecule has 1 N–H and O–H groups in total. The Kier molecular flexibility index (Phi) is 3.34. The summed E-state index contributed by atoms with van der Waals surface area (Å²) in [6.45, 7) is 2.74. The Morgan fingerprint density at radius 1 is 1.39 bits per heavy atom. The predicted molar refractivity (Wildman–Crippen MR) is 62.1 cm³/mol. The third-order valence-corrected chi connectivity index (χ3v) is 3.62. The SMILES string of the molecule is COC(=O)C1CNCC1(C)c1cc(F)cc(F)c1. The molecule has 1 saturated heterocycles. The van der Waals surface area contributed by atoms with E-state index in [9.17, 15) is 13.6 Å². The van der Waals surface area contributed by atoms with Gasteiger partial charge in [0.25, 0.3) is 0 Å². The van der Waals surface area contributed by atoms with Crippen LogP contribution in [0.25, 0.3) is 0 Å². The molecule has 0 bridgehead atoms. The van der Waals surface area contributed by atoms with Crippen LogP contribution in [0, 0.1) is 17.6 Å². The Labute approximate surface area is 104 Å². The summed E-state index contributed by atoms with van der Waals surface area (Å²) in [5, 5.41) is 3.07. The van der Waals surface area contributed by atoms with E-state index in [1.807, 2.05) is 6.92 Å². The van der Waals surface area contributed by atoms with Gasteiger partial charge < -0.3 is 10.1 Å². The lowest BCUT2D eigenvalue weighted by molar-refractivity contribution is -0.146. The zero-order valence-electron chi connectivity index (χ0n) is 10.3. The van der Waals surface area contributed by atoms with Crippen LogP contribution >= 0.6 is 0 Å². The van der Waals surface area contributed by atoms with Gasteiger partial charge >= 0.3 is 5.97 Å². The van der Waals surface area contributed by atoms with Gasteiger partial charge in [0.05, 0.1) is 13.0 Å². The van der Waals surface area contributed by atoms with Gasteiger partial charge in [-0.1, -0.05) is 6.92 Å². The molecule has 2 rings (SSSR count). The van der Waals surface area contributed by atoms with E-state index in [0.717, 1.165) is 6.07 Å². The maximum Gasteiger partial charge on any atom is 0.310 e. The molecule has 0 radical (unpaired) electrons. The van der Waals surface area contributed by atoms with Gasteiger partial charge in [-0.3, -0.25) is 4.79 Å². The van der Waals surface area contributed by atoms with E-state index < -0.39 is 23.0 Å². The van der Waals surface area contributed by atoms with Gasteiger partial charge in [-0.25, -0.2) is 8.78 Å². The quantitative estimate of drug-likeness (QED) is 0.816. The van der Waals surface area contributed by atoms with Crippen molar-refractivity contribution in [2.24, 2.45) is 5.92 Å². The van der Waals surface area contributed by atoms with Crippen molar-refractivity contribution in [3.8, 4) is 0 Å². The summed E-state index contributed by atoms with van der Waals surface area (Å²) in [6, 6.07) is 3.36. The number of benzene rings is 1. The van der Waals surface area contributed by atoms with E-state index in [4.69, 9.17) is 4.74 Å². The average Bonchev–Trinajstić information content (AvgIpc) is 2.70. The highest BCUT2D eigenvalue weighted by atomic mass is 19.1. The lowest BCUT2D eigenvalue weighted by atomic mass is 9.74. The molecule has 0 aromatic heterocycles. The molecule has 1 aromatic rings. The van der Waals surface area contributed by atoms with Crippen molar-refractivity contribution >= 4 is 5.97 Å². The fourth-order valence-electron chi connectivity index (χ4n) is 2.50. The fraction of sp³-hybridized carbons (Fsp3) is 0.462. The van der Waals surface area contributed by atoms with Gasteiger partial charge in [0.15, 0.2) is 0 Å². The minimum absolute atomic E-state index is 0.368. The normalized spacial score (nSPS) is 27.2. The molecule has 2 atom stereocenters. The van der Waals surface area contributed by atoms with Gasteiger partial charge in [-0.15, -0.1) is 0 Å². The molecule has 0 spiro atoms. The molecule has 5 heteroatoms. The Morgan fingerprint density at radius 3 is 2.56 bits per heavy atom. The standard InChI is InChI=1S/C13H15F2NO2/c1-13(7-16-6-11(13)12(17)18-2)8-3-9(14)5-10(15)4-8/h3-5,11,16H,6-7H2,1-2H3. The molecule has 1 fully saturated rings. The van der Waals surface area contributed by atoms with E-state index in [-0.39, 0.29) is 5.97 Å². The molecule has 0 aliphatic carbocycles. The number of hydrogen-bond acceptors (Lipinski definition) is 3. The molecule has 98 valence electrons. The first-order valence-corrected chi connectivity index (χ1v) is 5.72. The van der Waals surface area contributed by atoms with Crippen LogP contribution in [0.4, 0.5) is 8.78 Å². The second-order valence-electron chi connectivity index (χ2n) is 4.78. The monoisotopic (exact) mass is 255 g/mol. The first-order chi connectivity index (χ1) is 8.47. The van der Waals surface area contributed by atoms with Crippen LogP contribution in [-0.2, 0) is 14.9 Å². The number of methoxy groups -OCH3 is 1. The summed E-state index contributed by atoms with van der Waals surface area (Å²) in [7, 11) is 1.31. The molecular weight excluding hydrogens is 240 g/mol. The first kappa shape index (κ1) is 13.0. The van der Waals surface area contributed by atoms with Gasteiger partial charge in [-0.2, -0.15) is 0 Å². The summed E-state index contributed by atoms with van der Waals surface area (Å²) in [5.74, 6) is -2.08. The number of rotatable bonds is 2. The van der Waals surface area contributed by atoms with Gasteiger partial charge in [0.2, 0.25) is 0 Å². The van der Waals surface area contributed by atoms with Crippen molar-refractivity contribution in [3.05, 3.63) is 35.4 Å². The fourth-order valence-corrected chi connectivity index (χ4v) is 2.50. The Balaban J connectivity index is 2.42. The molecule has 1 heterocycles. The largest absolute Gasteiger partial charge is 0.469 e. The predicted octanol–water partition coefficient (Wildman–Crippen LogP) is 1.61. The number of carbonyl (C=O) groups is 1. The summed E-state index contributed by atoms with van der Waals surface area (Å²) in [5.41, 5.74) is -0.184. The van der Waals surface area contributed by atoms with Crippen molar-refractivity contribution in [2.45, 2.75) is 12.3 Å². The van der Waals surface area contributed by atoms with Crippen LogP contribution in [0.1, 0.15) is 12.5 Å². The Bertz CT molecular complexity index is 458. The zero-order valence-corrected chi connectivity index (χ0v) is 10.3. The summed E-state index contributed by atoms with van der Waals surface area (Å²) >= 11 is 0. The average molecular weight is 255 g/mol. The Morgan fingerprint density at radius 2 is 2.00 bits per heavy atom. The number of carbonyl (C=O) groups excluding carboxylic acids is 1. The smallest absolute Gasteiger partial charge is 0.310 e. The topological polar surface area (TPSA) is 38.3 Å². The minimum Gasteiger partial charge on any atom is -0.469 e. The van der Waals surface area contributed by atoms with E-state index in [1.165, 1.54) is 19.2 Å². The molecule has 0 saturated carbocycles. The highest BCUT2D eigenvalue weighted by molar-refractivity contribution is 5.75. The lowest BCUT2D eigenvalue weighted by Gasteiger charge is -2.29. The summed E-state index contributed by atoms with van der Waals surface area (Å²) < 4.78 is 31.3. The summed E-state index contributed by atoms with van der Waals surface area (Å²) in [4.78, 5) is 11.7. The van der Waals surface area contributed by atoms with Crippen molar-refractivity contribution in [3.63, 3.8) is 0 Å². The van der Waals surface area contributed by atoms with Gasteiger partial charge in [0.1, 0.15) is 11.6 Å². The van der Waals surface area contributed by atoms with Crippen molar-refractivity contribution < 1.29 is 18.3 Å². The van der Waals surface area contributed by atoms with Crippen LogP contribution in [-0.4, -0.2) is 26.2 Å². The van der Waals surface area contributed by atoms with Crippen molar-refractivity contribution in [2.75, 3.05) is 20.2 Å². The number of esters is 1. The van der Waals surface area contributed by atoms with Crippen LogP contribution in [0.15, 0.2) is 18.2 Å². The first-order valence-electron chi connectivity index (χ1n) is 5.72. The van der Waals surface area contributed by atoms with E-state index in [2.05, 4.69) is 5.32 Å². The van der Waals surface area contributed by atoms with Crippen LogP contribution in [0.3, 0.4) is 0 Å². The molecule has 1 aliphatic rings. The molecule has 0 amide bonds. The molecule has 1 aromatic carbocycles. The van der Waals surface area contributed by atoms with Crippen molar-refractivity contribution in [1.29, 1.82) is 0 Å². The highest BCUT2D eigenvalue weighted by Gasteiger charge is 2.45. The highest BCUT2D eigenvalue weighted by Crippen LogP contribution is 2.36. The number of hydrogen-bond donors (Lipinski definition) is 1. The van der Waals surface area contributed by atoms with E-state index >= 15 is 0 Å². The second kappa shape index (κ2) is 4.65. The minimum atomic E-state index is -0.657. The Hall–Kier alpha value is -1.49. The van der Waals surface area contributed by atoms with Crippen LogP contribution < -0.4 is 5.32 Å². The maximum atomic E-state index is 13.3. The van der Waals surface area contributed by atoms with Crippen LogP contribution in [0.2, 0.25) is 0 Å². The van der Waals surface area contributed by atoms with E-state index in [0.29, 0.717) is 18.7 Å². The number of nitrogens with one attached hydrogen (secondary N) is 1. The van der Waals surface area contributed by atoms with Gasteiger partial charge in [0, 0.05) is 24.6 Å². The zero-order chi connectivity index (χ0) is 13.3. The van der Waals surface area contributed by atoms with Gasteiger partial charge in [-0.05, 0) is 17.7 Å².